The van der Waals surface area contributed by atoms with Crippen LogP contribution in [-0.4, -0.2) is 39.9 Å². The number of carbonyl (C=O) groups is 2. The minimum atomic E-state index is -3.90. The van der Waals surface area contributed by atoms with Crippen LogP contribution in [0.25, 0.3) is 0 Å². The fraction of sp³-hybridized carbons (Fsp3) is 0.391. The van der Waals surface area contributed by atoms with Crippen LogP contribution < -0.4 is 9.46 Å². The van der Waals surface area contributed by atoms with Gasteiger partial charge in [-0.05, 0) is 43.0 Å². The maximum atomic E-state index is 12.5. The van der Waals surface area contributed by atoms with Crippen LogP contribution in [0.4, 0.5) is 0 Å². The summed E-state index contributed by atoms with van der Waals surface area (Å²) < 4.78 is 37.8. The molecule has 0 amide bonds. The van der Waals surface area contributed by atoms with Gasteiger partial charge in [0.2, 0.25) is 10.0 Å². The number of benzene rings is 2. The molecule has 168 valence electrons. The minimum absolute atomic E-state index is 0.000752. The first-order valence-corrected chi connectivity index (χ1v) is 11.3. The zero-order chi connectivity index (χ0) is 23.4. The van der Waals surface area contributed by atoms with Gasteiger partial charge in [-0.2, -0.15) is 0 Å². The number of esters is 1. The van der Waals surface area contributed by atoms with E-state index in [1.165, 1.54) is 25.3 Å². The number of rotatable bonds is 8. The molecule has 0 spiro atoms. The molecule has 0 unspecified atom stereocenters. The summed E-state index contributed by atoms with van der Waals surface area (Å²) in [4.78, 5) is 24.6. The number of Topliss-reactive ketones (excluding diaryl/α,β-unsaturated/α-hetero) is 1. The average Bonchev–Trinajstić information content (AvgIpc) is 2.69. The van der Waals surface area contributed by atoms with Gasteiger partial charge < -0.3 is 9.47 Å². The molecule has 0 fully saturated rings. The van der Waals surface area contributed by atoms with Crippen molar-refractivity contribution in [3.63, 3.8) is 0 Å². The van der Waals surface area contributed by atoms with Crippen LogP contribution in [-0.2, 0) is 20.2 Å². The Kier molecular flexibility index (Phi) is 7.62. The van der Waals surface area contributed by atoms with E-state index >= 15 is 0 Å². The molecule has 0 aliphatic rings. The van der Waals surface area contributed by atoms with Crippen molar-refractivity contribution in [2.24, 2.45) is 0 Å². The highest BCUT2D eigenvalue weighted by Crippen LogP contribution is 2.26. The van der Waals surface area contributed by atoms with E-state index in [0.717, 1.165) is 5.56 Å². The lowest BCUT2D eigenvalue weighted by molar-refractivity contribution is 0.0474. The molecule has 7 nitrogen and oxygen atoms in total. The second-order valence-corrected chi connectivity index (χ2v) is 10.2. The molecule has 0 bridgehead atoms. The molecule has 0 aliphatic heterocycles. The predicted molar refractivity (Wildman–Crippen MR) is 118 cm³/mol. The predicted octanol–water partition coefficient (Wildman–Crippen LogP) is 3.72. The normalized spacial score (nSPS) is 12.0. The quantitative estimate of drug-likeness (QED) is 0.489. The Morgan fingerprint density at radius 3 is 2.10 bits per heavy atom. The monoisotopic (exact) mass is 447 g/mol. The third-order valence-electron chi connectivity index (χ3n) is 4.49. The first-order chi connectivity index (χ1) is 14.3. The lowest BCUT2D eigenvalue weighted by atomic mass is 9.86. The summed E-state index contributed by atoms with van der Waals surface area (Å²) in [5.41, 5.74) is 1.48. The molecular weight excluding hydrogens is 418 g/mol. The molecular formula is C23H29NO6S. The van der Waals surface area contributed by atoms with Gasteiger partial charge in [-0.1, -0.05) is 45.0 Å². The molecule has 0 saturated carbocycles. The summed E-state index contributed by atoms with van der Waals surface area (Å²) in [6.07, 6.45) is 0. The van der Waals surface area contributed by atoms with Crippen LogP contribution in [0.15, 0.2) is 47.4 Å². The van der Waals surface area contributed by atoms with E-state index in [4.69, 9.17) is 9.47 Å². The van der Waals surface area contributed by atoms with Crippen LogP contribution in [0, 0.1) is 0 Å². The van der Waals surface area contributed by atoms with Gasteiger partial charge in [-0.25, -0.2) is 17.9 Å². The highest BCUT2D eigenvalue weighted by Gasteiger charge is 2.23. The number of ether oxygens (including phenoxy) is 2. The molecule has 2 aromatic carbocycles. The summed E-state index contributed by atoms with van der Waals surface area (Å²) in [6, 6.07) is 10.7. The van der Waals surface area contributed by atoms with E-state index in [-0.39, 0.29) is 33.4 Å². The number of hydrogen-bond donors (Lipinski definition) is 1. The van der Waals surface area contributed by atoms with Crippen molar-refractivity contribution in [3.8, 4) is 5.75 Å². The Morgan fingerprint density at radius 2 is 1.58 bits per heavy atom. The maximum absolute atomic E-state index is 12.5. The van der Waals surface area contributed by atoms with E-state index in [9.17, 15) is 18.0 Å². The van der Waals surface area contributed by atoms with Gasteiger partial charge in [-0.3, -0.25) is 4.79 Å². The molecule has 2 aromatic rings. The average molecular weight is 448 g/mol. The molecule has 31 heavy (non-hydrogen) atoms. The molecule has 0 atom stereocenters. The van der Waals surface area contributed by atoms with Crippen molar-refractivity contribution in [3.05, 3.63) is 59.2 Å². The zero-order valence-electron chi connectivity index (χ0n) is 18.7. The first-order valence-electron chi connectivity index (χ1n) is 9.86. The smallest absolute Gasteiger partial charge is 0.338 e. The molecule has 1 N–H and O–H groups in total. The second-order valence-electron chi connectivity index (χ2n) is 8.47. The zero-order valence-corrected chi connectivity index (χ0v) is 19.5. The van der Waals surface area contributed by atoms with Crippen LogP contribution in [0.5, 0.6) is 5.75 Å². The third-order valence-corrected chi connectivity index (χ3v) is 6.17. The Balaban J connectivity index is 2.15. The Hall–Kier alpha value is -2.71. The number of hydrogen-bond acceptors (Lipinski definition) is 6. The highest BCUT2D eigenvalue weighted by atomic mass is 32.2. The van der Waals surface area contributed by atoms with E-state index in [0.29, 0.717) is 5.56 Å². The molecule has 0 aromatic heterocycles. The number of nitrogens with one attached hydrogen (secondary N) is 1. The summed E-state index contributed by atoms with van der Waals surface area (Å²) >= 11 is 0. The standard InChI is InChI=1S/C23H29NO6S/c1-15(2)24-31(27,28)21-13-17(9-12-20(21)29-6)22(26)30-14-19(25)16-7-10-18(11-8-16)23(3,4)5/h7-13,15,24H,14H2,1-6H3. The molecule has 2 rings (SSSR count). The molecule has 0 heterocycles. The number of methoxy groups -OCH3 is 1. The van der Waals surface area contributed by atoms with Gasteiger partial charge in [0, 0.05) is 11.6 Å². The number of sulfonamides is 1. The Bertz CT molecular complexity index is 1050. The van der Waals surface area contributed by atoms with Crippen LogP contribution in [0.3, 0.4) is 0 Å². The molecule has 0 radical (unpaired) electrons. The third kappa shape index (κ3) is 6.38. The second kappa shape index (κ2) is 9.62. The molecule has 8 heteroatoms. The van der Waals surface area contributed by atoms with Gasteiger partial charge in [0.25, 0.3) is 0 Å². The van der Waals surface area contributed by atoms with E-state index in [1.54, 1.807) is 26.0 Å². The summed E-state index contributed by atoms with van der Waals surface area (Å²) in [5, 5.41) is 0. The highest BCUT2D eigenvalue weighted by molar-refractivity contribution is 7.89. The van der Waals surface area contributed by atoms with Gasteiger partial charge in [0.05, 0.1) is 12.7 Å². The van der Waals surface area contributed by atoms with Crippen molar-refractivity contribution in [1.82, 2.24) is 4.72 Å². The van der Waals surface area contributed by atoms with E-state index in [1.807, 2.05) is 12.1 Å². The Labute approximate surface area is 183 Å². The van der Waals surface area contributed by atoms with Crippen molar-refractivity contribution in [2.75, 3.05) is 13.7 Å². The largest absolute Gasteiger partial charge is 0.495 e. The Morgan fingerprint density at radius 1 is 1.00 bits per heavy atom. The topological polar surface area (TPSA) is 98.8 Å². The van der Waals surface area contributed by atoms with Crippen LogP contribution in [0.2, 0.25) is 0 Å². The lowest BCUT2D eigenvalue weighted by Gasteiger charge is -2.19. The number of ketones is 1. The van der Waals surface area contributed by atoms with Gasteiger partial charge in [0.1, 0.15) is 10.6 Å². The lowest BCUT2D eigenvalue weighted by Crippen LogP contribution is -2.30. The van der Waals surface area contributed by atoms with Crippen molar-refractivity contribution >= 4 is 21.8 Å². The van der Waals surface area contributed by atoms with Crippen LogP contribution in [0.1, 0.15) is 60.9 Å². The SMILES string of the molecule is COc1ccc(C(=O)OCC(=O)c2ccc(C(C)(C)C)cc2)cc1S(=O)(=O)NC(C)C. The van der Waals surface area contributed by atoms with Crippen molar-refractivity contribution < 1.29 is 27.5 Å². The number of carbonyl (C=O) groups excluding carboxylic acids is 2. The first kappa shape index (κ1) is 24.6. The maximum Gasteiger partial charge on any atom is 0.338 e. The summed E-state index contributed by atoms with van der Waals surface area (Å²) in [7, 11) is -2.56. The van der Waals surface area contributed by atoms with Crippen molar-refractivity contribution in [1.29, 1.82) is 0 Å². The van der Waals surface area contributed by atoms with Gasteiger partial charge in [0.15, 0.2) is 12.4 Å². The molecule has 0 saturated heterocycles. The van der Waals surface area contributed by atoms with Crippen molar-refractivity contribution in [2.45, 2.75) is 51.0 Å². The molecule has 0 aliphatic carbocycles. The van der Waals surface area contributed by atoms with E-state index in [2.05, 4.69) is 25.5 Å². The summed E-state index contributed by atoms with van der Waals surface area (Å²) in [6.45, 7) is 9.14. The van der Waals surface area contributed by atoms with Crippen LogP contribution >= 0.6 is 0 Å². The fourth-order valence-electron chi connectivity index (χ4n) is 2.84. The van der Waals surface area contributed by atoms with Gasteiger partial charge >= 0.3 is 5.97 Å². The fourth-order valence-corrected chi connectivity index (χ4v) is 4.29. The van der Waals surface area contributed by atoms with E-state index < -0.39 is 22.6 Å². The summed E-state index contributed by atoms with van der Waals surface area (Å²) in [5.74, 6) is -1.06. The minimum Gasteiger partial charge on any atom is -0.495 e. The van der Waals surface area contributed by atoms with Gasteiger partial charge in [-0.15, -0.1) is 0 Å².